The second-order valence-electron chi connectivity index (χ2n) is 6.35. The zero-order valence-electron chi connectivity index (χ0n) is 16.1. The van der Waals surface area contributed by atoms with Crippen LogP contribution in [0, 0.1) is 0 Å². The summed E-state index contributed by atoms with van der Waals surface area (Å²) < 4.78 is 4.62. The van der Waals surface area contributed by atoms with Crippen molar-refractivity contribution in [2.75, 3.05) is 5.32 Å². The Morgan fingerprint density at radius 2 is 1.76 bits per heavy atom. The Bertz CT molecular complexity index is 1070. The molecule has 0 aliphatic heterocycles. The van der Waals surface area contributed by atoms with E-state index in [2.05, 4.69) is 14.7 Å². The molecule has 0 spiro atoms. The Kier molecular flexibility index (Phi) is 6.66. The molecular weight excluding hydrogens is 380 g/mol. The van der Waals surface area contributed by atoms with Crippen LogP contribution in [0.15, 0.2) is 38.5 Å². The van der Waals surface area contributed by atoms with Gasteiger partial charge in [0.1, 0.15) is 22.7 Å². The van der Waals surface area contributed by atoms with E-state index in [0.29, 0.717) is 11.4 Å². The van der Waals surface area contributed by atoms with E-state index in [1.54, 1.807) is 18.2 Å². The van der Waals surface area contributed by atoms with Crippen molar-refractivity contribution in [1.29, 1.82) is 0 Å². The van der Waals surface area contributed by atoms with Crippen LogP contribution in [0.4, 0.5) is 11.4 Å². The third kappa shape index (κ3) is 5.38. The van der Waals surface area contributed by atoms with Crippen LogP contribution in [0.3, 0.4) is 0 Å². The lowest BCUT2D eigenvalue weighted by Gasteiger charge is -2.08. The lowest BCUT2D eigenvalue weighted by atomic mass is 10.1. The molecular formula is C20H20N2O7. The SMILES string of the molecule is CC(=O)CCC(=O)Nc1cccc(N=C(C)c2c(O)c(C(C)=O)c(O)oc2=O)c1. The van der Waals surface area contributed by atoms with Crippen molar-refractivity contribution in [2.45, 2.75) is 33.6 Å². The van der Waals surface area contributed by atoms with Crippen LogP contribution in [0.5, 0.6) is 11.7 Å². The van der Waals surface area contributed by atoms with Crippen LogP contribution in [0.25, 0.3) is 0 Å². The normalized spacial score (nSPS) is 11.2. The molecule has 29 heavy (non-hydrogen) atoms. The first-order chi connectivity index (χ1) is 13.6. The van der Waals surface area contributed by atoms with Crippen LogP contribution >= 0.6 is 0 Å². The largest absolute Gasteiger partial charge is 0.506 e. The molecule has 0 fully saturated rings. The summed E-state index contributed by atoms with van der Waals surface area (Å²) in [5.74, 6) is -2.80. The number of amides is 1. The highest BCUT2D eigenvalue weighted by Crippen LogP contribution is 2.29. The summed E-state index contributed by atoms with van der Waals surface area (Å²) in [7, 11) is 0. The van der Waals surface area contributed by atoms with Gasteiger partial charge in [0, 0.05) is 18.5 Å². The second-order valence-corrected chi connectivity index (χ2v) is 6.35. The highest BCUT2D eigenvalue weighted by atomic mass is 16.5. The molecule has 0 aliphatic rings. The maximum Gasteiger partial charge on any atom is 0.351 e. The lowest BCUT2D eigenvalue weighted by molar-refractivity contribution is -0.121. The number of rotatable bonds is 7. The minimum absolute atomic E-state index is 0.0406. The van der Waals surface area contributed by atoms with Gasteiger partial charge in [0.05, 0.1) is 11.4 Å². The summed E-state index contributed by atoms with van der Waals surface area (Å²) in [6.07, 6.45) is 0.190. The fourth-order valence-electron chi connectivity index (χ4n) is 2.57. The second kappa shape index (κ2) is 8.96. The highest BCUT2D eigenvalue weighted by Gasteiger charge is 2.23. The first-order valence-electron chi connectivity index (χ1n) is 8.65. The summed E-state index contributed by atoms with van der Waals surface area (Å²) in [6, 6.07) is 6.37. The number of ketones is 2. The van der Waals surface area contributed by atoms with Crippen molar-refractivity contribution >= 4 is 34.6 Å². The van der Waals surface area contributed by atoms with Crippen LogP contribution in [-0.2, 0) is 9.59 Å². The number of benzene rings is 1. The Balaban J connectivity index is 2.35. The van der Waals surface area contributed by atoms with E-state index in [9.17, 15) is 29.4 Å². The molecule has 2 aromatic rings. The van der Waals surface area contributed by atoms with Gasteiger partial charge >= 0.3 is 5.63 Å². The van der Waals surface area contributed by atoms with Gasteiger partial charge in [-0.05, 0) is 39.0 Å². The van der Waals surface area contributed by atoms with Crippen molar-refractivity contribution in [3.05, 3.63) is 45.8 Å². The molecule has 0 aliphatic carbocycles. The number of aromatic hydroxyl groups is 2. The van der Waals surface area contributed by atoms with Crippen molar-refractivity contribution in [2.24, 2.45) is 4.99 Å². The minimum atomic E-state index is -1.06. The van der Waals surface area contributed by atoms with Gasteiger partial charge in [-0.3, -0.25) is 14.6 Å². The quantitative estimate of drug-likeness (QED) is 0.478. The smallest absolute Gasteiger partial charge is 0.351 e. The Labute approximate surface area is 165 Å². The zero-order chi connectivity index (χ0) is 21.7. The predicted molar refractivity (Wildman–Crippen MR) is 105 cm³/mol. The molecule has 9 nitrogen and oxygen atoms in total. The number of Topliss-reactive ketones (excluding diaryl/α,β-unsaturated/α-hetero) is 2. The van der Waals surface area contributed by atoms with Crippen molar-refractivity contribution in [3.63, 3.8) is 0 Å². The van der Waals surface area contributed by atoms with Crippen molar-refractivity contribution in [3.8, 4) is 11.7 Å². The number of nitrogens with one attached hydrogen (secondary N) is 1. The minimum Gasteiger partial charge on any atom is -0.506 e. The van der Waals surface area contributed by atoms with Crippen LogP contribution in [-0.4, -0.2) is 33.4 Å². The molecule has 0 atom stereocenters. The van der Waals surface area contributed by atoms with Gasteiger partial charge in [0.2, 0.25) is 5.91 Å². The van der Waals surface area contributed by atoms with E-state index in [-0.39, 0.29) is 35.8 Å². The Morgan fingerprint density at radius 1 is 1.07 bits per heavy atom. The maximum absolute atomic E-state index is 12.0. The van der Waals surface area contributed by atoms with E-state index >= 15 is 0 Å². The fraction of sp³-hybridized carbons (Fsp3) is 0.250. The fourth-order valence-corrected chi connectivity index (χ4v) is 2.57. The molecule has 2 rings (SSSR count). The van der Waals surface area contributed by atoms with Gasteiger partial charge in [0.15, 0.2) is 5.78 Å². The molecule has 0 radical (unpaired) electrons. The van der Waals surface area contributed by atoms with Crippen LogP contribution in [0.2, 0.25) is 0 Å². The third-order valence-electron chi connectivity index (χ3n) is 3.93. The first-order valence-corrected chi connectivity index (χ1v) is 8.65. The van der Waals surface area contributed by atoms with Gasteiger partial charge in [-0.25, -0.2) is 4.79 Å². The molecule has 0 saturated carbocycles. The number of hydrogen-bond donors (Lipinski definition) is 3. The standard InChI is InChI=1S/C20H20N2O7/c1-10(23)7-8-15(25)22-14-6-4-5-13(9-14)21-11(2)16-18(26)17(12(3)24)20(28)29-19(16)27/h4-6,9,26,28H,7-8H2,1-3H3,(H,22,25). The zero-order valence-corrected chi connectivity index (χ0v) is 16.1. The Morgan fingerprint density at radius 3 is 2.38 bits per heavy atom. The monoisotopic (exact) mass is 400 g/mol. The summed E-state index contributed by atoms with van der Waals surface area (Å²) in [4.78, 5) is 50.7. The van der Waals surface area contributed by atoms with Gasteiger partial charge in [-0.15, -0.1) is 0 Å². The molecule has 152 valence electrons. The molecule has 0 unspecified atom stereocenters. The summed E-state index contributed by atoms with van der Waals surface area (Å²) >= 11 is 0. The summed E-state index contributed by atoms with van der Waals surface area (Å²) in [5, 5.41) is 22.5. The molecule has 9 heteroatoms. The molecule has 3 N–H and O–H groups in total. The number of aliphatic imine (C=N–C) groups is 1. The average molecular weight is 400 g/mol. The van der Waals surface area contributed by atoms with E-state index in [1.807, 2.05) is 0 Å². The summed E-state index contributed by atoms with van der Waals surface area (Å²) in [5.41, 5.74) is -1.11. The molecule has 0 saturated heterocycles. The van der Waals surface area contributed by atoms with Crippen LogP contribution < -0.4 is 10.9 Å². The van der Waals surface area contributed by atoms with Gasteiger partial charge in [-0.1, -0.05) is 6.07 Å². The first kappa shape index (κ1) is 21.5. The van der Waals surface area contributed by atoms with E-state index in [1.165, 1.54) is 19.9 Å². The van der Waals surface area contributed by atoms with E-state index in [4.69, 9.17) is 0 Å². The highest BCUT2D eigenvalue weighted by molar-refractivity contribution is 6.07. The van der Waals surface area contributed by atoms with Crippen molar-refractivity contribution < 1.29 is 29.0 Å². The average Bonchev–Trinajstić information content (AvgIpc) is 2.59. The Hall–Kier alpha value is -3.75. The number of carbonyl (C=O) groups excluding carboxylic acids is 3. The van der Waals surface area contributed by atoms with Crippen LogP contribution in [0.1, 0.15) is 49.5 Å². The predicted octanol–water partition coefficient (Wildman–Crippen LogP) is 2.70. The maximum atomic E-state index is 12.0. The number of nitrogens with zero attached hydrogens (tertiary/aromatic N) is 1. The van der Waals surface area contributed by atoms with Crippen molar-refractivity contribution in [1.82, 2.24) is 0 Å². The van der Waals surface area contributed by atoms with E-state index in [0.717, 1.165) is 6.92 Å². The molecule has 1 heterocycles. The third-order valence-corrected chi connectivity index (χ3v) is 3.93. The molecule has 0 bridgehead atoms. The van der Waals surface area contributed by atoms with Gasteiger partial charge in [0.25, 0.3) is 5.95 Å². The summed E-state index contributed by atoms with van der Waals surface area (Å²) in [6.45, 7) is 3.92. The molecule has 1 amide bonds. The number of carbonyl (C=O) groups is 3. The lowest BCUT2D eigenvalue weighted by Crippen LogP contribution is -2.15. The molecule has 1 aromatic heterocycles. The van der Waals surface area contributed by atoms with Gasteiger partial charge in [-0.2, -0.15) is 0 Å². The molecule has 1 aromatic carbocycles. The topological polar surface area (TPSA) is 146 Å². The number of anilines is 1. The van der Waals surface area contributed by atoms with Gasteiger partial charge < -0.3 is 24.7 Å². The number of hydrogen-bond acceptors (Lipinski definition) is 8. The van der Waals surface area contributed by atoms with E-state index < -0.39 is 28.7 Å².